The Bertz CT molecular complexity index is 292. The van der Waals surface area contributed by atoms with Crippen LogP contribution in [-0.2, 0) is 6.54 Å². The van der Waals surface area contributed by atoms with Gasteiger partial charge in [0.15, 0.2) is 0 Å². The highest BCUT2D eigenvalue weighted by atomic mass is 14.7. The average molecular weight is 234 g/mol. The zero-order chi connectivity index (χ0) is 12.5. The molecular formula is C15H26N2. The number of rotatable bonds is 8. The Labute approximate surface area is 106 Å². The third-order valence-corrected chi connectivity index (χ3v) is 3.40. The number of nitrogens with zero attached hydrogens (tertiary/aromatic N) is 1. The Morgan fingerprint density at radius 1 is 1.18 bits per heavy atom. The largest absolute Gasteiger partial charge is 0.326 e. The summed E-state index contributed by atoms with van der Waals surface area (Å²) in [6.07, 6.45) is 9.72. The van der Waals surface area contributed by atoms with Gasteiger partial charge in [-0.1, -0.05) is 45.6 Å². The van der Waals surface area contributed by atoms with Crippen LogP contribution in [0.5, 0.6) is 0 Å². The molecule has 0 saturated heterocycles. The van der Waals surface area contributed by atoms with Gasteiger partial charge in [0.2, 0.25) is 0 Å². The highest BCUT2D eigenvalue weighted by Gasteiger charge is 2.10. The Kier molecular flexibility index (Phi) is 6.87. The Morgan fingerprint density at radius 2 is 2.00 bits per heavy atom. The first kappa shape index (κ1) is 14.2. The molecule has 0 amide bonds. The van der Waals surface area contributed by atoms with E-state index in [9.17, 15) is 0 Å². The van der Waals surface area contributed by atoms with Gasteiger partial charge in [0.05, 0.1) is 0 Å². The van der Waals surface area contributed by atoms with E-state index in [0.29, 0.717) is 12.5 Å². The monoisotopic (exact) mass is 234 g/mol. The molecule has 1 unspecified atom stereocenters. The minimum absolute atomic E-state index is 0.584. The summed E-state index contributed by atoms with van der Waals surface area (Å²) in [6.45, 7) is 5.09. The maximum atomic E-state index is 5.58. The Hall–Kier alpha value is -0.890. The second kappa shape index (κ2) is 8.24. The lowest BCUT2D eigenvalue weighted by molar-refractivity contribution is 0.533. The predicted molar refractivity (Wildman–Crippen MR) is 73.9 cm³/mol. The zero-order valence-electron chi connectivity index (χ0n) is 11.3. The zero-order valence-corrected chi connectivity index (χ0v) is 11.3. The van der Waals surface area contributed by atoms with Crippen molar-refractivity contribution < 1.29 is 0 Å². The van der Waals surface area contributed by atoms with E-state index < -0.39 is 0 Å². The van der Waals surface area contributed by atoms with Crippen LogP contribution < -0.4 is 5.73 Å². The highest BCUT2D eigenvalue weighted by molar-refractivity contribution is 5.16. The predicted octanol–water partition coefficient (Wildman–Crippen LogP) is 4.00. The van der Waals surface area contributed by atoms with Crippen LogP contribution in [-0.4, -0.2) is 4.98 Å². The summed E-state index contributed by atoms with van der Waals surface area (Å²) in [5.41, 5.74) is 7.94. The molecule has 96 valence electrons. The van der Waals surface area contributed by atoms with Crippen molar-refractivity contribution in [3.63, 3.8) is 0 Å². The summed E-state index contributed by atoms with van der Waals surface area (Å²) in [6, 6.07) is 4.26. The molecule has 17 heavy (non-hydrogen) atoms. The van der Waals surface area contributed by atoms with Crippen LogP contribution >= 0.6 is 0 Å². The molecule has 2 N–H and O–H groups in total. The van der Waals surface area contributed by atoms with Crippen molar-refractivity contribution in [3.05, 3.63) is 29.6 Å². The molecule has 0 fully saturated rings. The molecule has 0 aliphatic rings. The van der Waals surface area contributed by atoms with Gasteiger partial charge in [0.25, 0.3) is 0 Å². The molecule has 1 heterocycles. The second-order valence-corrected chi connectivity index (χ2v) is 4.75. The molecule has 0 spiro atoms. The molecule has 1 aromatic heterocycles. The topological polar surface area (TPSA) is 38.9 Å². The van der Waals surface area contributed by atoms with Gasteiger partial charge in [-0.25, -0.2) is 0 Å². The molecule has 1 aromatic rings. The van der Waals surface area contributed by atoms with E-state index >= 15 is 0 Å². The van der Waals surface area contributed by atoms with Gasteiger partial charge in [-0.05, 0) is 24.5 Å². The number of aromatic nitrogens is 1. The third-order valence-electron chi connectivity index (χ3n) is 3.40. The molecule has 0 aliphatic carbocycles. The van der Waals surface area contributed by atoms with Crippen molar-refractivity contribution >= 4 is 0 Å². The molecule has 0 bridgehead atoms. The van der Waals surface area contributed by atoms with Gasteiger partial charge in [0.1, 0.15) is 0 Å². The maximum Gasteiger partial charge on any atom is 0.0434 e. The van der Waals surface area contributed by atoms with Crippen LogP contribution in [0.15, 0.2) is 18.3 Å². The number of hydrogen-bond donors (Lipinski definition) is 1. The van der Waals surface area contributed by atoms with Crippen LogP contribution in [0.25, 0.3) is 0 Å². The standard InChI is InChI=1S/C15H26N2/c1-3-5-6-7-8-14(4-2)15-10-9-13(11-16)12-17-15/h9-10,12,14H,3-8,11,16H2,1-2H3. The minimum atomic E-state index is 0.584. The van der Waals surface area contributed by atoms with Crippen LogP contribution in [0.3, 0.4) is 0 Å². The van der Waals surface area contributed by atoms with Crippen LogP contribution in [0.1, 0.15) is 69.5 Å². The molecule has 1 atom stereocenters. The Morgan fingerprint density at radius 3 is 2.53 bits per heavy atom. The number of pyridine rings is 1. The smallest absolute Gasteiger partial charge is 0.0434 e. The minimum Gasteiger partial charge on any atom is -0.326 e. The summed E-state index contributed by atoms with van der Waals surface area (Å²) in [4.78, 5) is 4.54. The van der Waals surface area contributed by atoms with Gasteiger partial charge < -0.3 is 5.73 Å². The van der Waals surface area contributed by atoms with Crippen molar-refractivity contribution in [1.82, 2.24) is 4.98 Å². The molecule has 0 aliphatic heterocycles. The van der Waals surface area contributed by atoms with Crippen LogP contribution in [0.2, 0.25) is 0 Å². The van der Waals surface area contributed by atoms with E-state index in [1.54, 1.807) is 0 Å². The van der Waals surface area contributed by atoms with Gasteiger partial charge in [-0.2, -0.15) is 0 Å². The van der Waals surface area contributed by atoms with E-state index in [1.807, 2.05) is 6.20 Å². The van der Waals surface area contributed by atoms with Gasteiger partial charge >= 0.3 is 0 Å². The number of hydrogen-bond acceptors (Lipinski definition) is 2. The van der Waals surface area contributed by atoms with Gasteiger partial charge in [-0.15, -0.1) is 0 Å². The van der Waals surface area contributed by atoms with E-state index in [4.69, 9.17) is 5.73 Å². The summed E-state index contributed by atoms with van der Waals surface area (Å²) >= 11 is 0. The number of nitrogens with two attached hydrogens (primary N) is 1. The SMILES string of the molecule is CCCCCCC(CC)c1ccc(CN)cn1. The third kappa shape index (κ3) is 4.86. The maximum absolute atomic E-state index is 5.58. The second-order valence-electron chi connectivity index (χ2n) is 4.75. The first-order valence-electron chi connectivity index (χ1n) is 6.96. The molecule has 0 saturated carbocycles. The highest BCUT2D eigenvalue weighted by Crippen LogP contribution is 2.24. The summed E-state index contributed by atoms with van der Waals surface area (Å²) in [7, 11) is 0. The molecule has 2 heteroatoms. The fourth-order valence-electron chi connectivity index (χ4n) is 2.18. The fourth-order valence-corrected chi connectivity index (χ4v) is 2.18. The molecule has 0 aromatic carbocycles. The van der Waals surface area contributed by atoms with Crippen LogP contribution in [0, 0.1) is 0 Å². The van der Waals surface area contributed by atoms with Crippen molar-refractivity contribution in [2.75, 3.05) is 0 Å². The van der Waals surface area contributed by atoms with Crippen molar-refractivity contribution in [2.45, 2.75) is 64.8 Å². The van der Waals surface area contributed by atoms with Crippen LogP contribution in [0.4, 0.5) is 0 Å². The molecule has 1 rings (SSSR count). The first-order chi connectivity index (χ1) is 8.31. The van der Waals surface area contributed by atoms with Crippen molar-refractivity contribution in [3.8, 4) is 0 Å². The first-order valence-corrected chi connectivity index (χ1v) is 6.96. The molecule has 2 nitrogen and oxygen atoms in total. The lowest BCUT2D eigenvalue weighted by Crippen LogP contribution is -2.03. The lowest BCUT2D eigenvalue weighted by Gasteiger charge is -2.14. The van der Waals surface area contributed by atoms with E-state index in [1.165, 1.54) is 44.2 Å². The van der Waals surface area contributed by atoms with Crippen molar-refractivity contribution in [1.29, 1.82) is 0 Å². The Balaban J connectivity index is 2.47. The summed E-state index contributed by atoms with van der Waals surface area (Å²) in [5, 5.41) is 0. The van der Waals surface area contributed by atoms with E-state index in [-0.39, 0.29) is 0 Å². The molecular weight excluding hydrogens is 208 g/mol. The summed E-state index contributed by atoms with van der Waals surface area (Å²) in [5.74, 6) is 0.624. The van der Waals surface area contributed by atoms with Gasteiger partial charge in [0, 0.05) is 24.4 Å². The average Bonchev–Trinajstić information content (AvgIpc) is 2.39. The molecule has 0 radical (unpaired) electrons. The van der Waals surface area contributed by atoms with E-state index in [0.717, 1.165) is 5.56 Å². The van der Waals surface area contributed by atoms with Gasteiger partial charge in [-0.3, -0.25) is 4.98 Å². The fraction of sp³-hybridized carbons (Fsp3) is 0.667. The number of unbranched alkanes of at least 4 members (excludes halogenated alkanes) is 3. The lowest BCUT2D eigenvalue weighted by atomic mass is 9.94. The normalized spacial score (nSPS) is 12.6. The van der Waals surface area contributed by atoms with Crippen molar-refractivity contribution in [2.24, 2.45) is 5.73 Å². The quantitative estimate of drug-likeness (QED) is 0.690. The summed E-state index contributed by atoms with van der Waals surface area (Å²) < 4.78 is 0. The van der Waals surface area contributed by atoms with E-state index in [2.05, 4.69) is 31.0 Å².